The van der Waals surface area contributed by atoms with Crippen LogP contribution in [-0.2, 0) is 9.59 Å². The molecule has 4 nitrogen and oxygen atoms in total. The van der Waals surface area contributed by atoms with E-state index >= 15 is 0 Å². The second kappa shape index (κ2) is 6.78. The Morgan fingerprint density at radius 1 is 1.03 bits per heavy atom. The van der Waals surface area contributed by atoms with Gasteiger partial charge in [0.15, 0.2) is 5.78 Å². The minimum absolute atomic E-state index is 0.102. The predicted octanol–water partition coefficient (Wildman–Crippen LogP) is 4.46. The number of Topliss-reactive ketones (excluding diaryl/α,β-unsaturated/α-hetero) is 1. The molecular formula is C26H32O4. The van der Waals surface area contributed by atoms with Crippen molar-refractivity contribution in [2.24, 2.45) is 28.6 Å². The fourth-order valence-electron chi connectivity index (χ4n) is 7.69. The van der Waals surface area contributed by atoms with E-state index in [-0.39, 0.29) is 34.7 Å². The summed E-state index contributed by atoms with van der Waals surface area (Å²) in [6.07, 6.45) is 6.02. The molecule has 160 valence electrons. The predicted molar refractivity (Wildman–Crippen MR) is 114 cm³/mol. The van der Waals surface area contributed by atoms with Gasteiger partial charge < -0.3 is 9.84 Å². The molecule has 0 saturated heterocycles. The molecule has 3 saturated carbocycles. The monoisotopic (exact) mass is 408 g/mol. The van der Waals surface area contributed by atoms with Crippen LogP contribution < -0.4 is 4.74 Å². The van der Waals surface area contributed by atoms with E-state index in [1.54, 1.807) is 7.11 Å². The summed E-state index contributed by atoms with van der Waals surface area (Å²) in [4.78, 5) is 25.3. The summed E-state index contributed by atoms with van der Waals surface area (Å²) >= 11 is 0. The highest BCUT2D eigenvalue weighted by molar-refractivity contribution is 5.92. The fourth-order valence-corrected chi connectivity index (χ4v) is 7.69. The number of allylic oxidation sites excluding steroid dienone is 1. The number of methoxy groups -OCH3 is 1. The molecule has 5 rings (SSSR count). The third-order valence-electron chi connectivity index (χ3n) is 9.32. The largest absolute Gasteiger partial charge is 0.497 e. The zero-order chi connectivity index (χ0) is 21.3. The van der Waals surface area contributed by atoms with Gasteiger partial charge in [0.1, 0.15) is 11.5 Å². The highest BCUT2D eigenvalue weighted by Crippen LogP contribution is 2.68. The van der Waals surface area contributed by atoms with Gasteiger partial charge in [-0.05, 0) is 79.5 Å². The molecular weight excluding hydrogens is 376 g/mol. The number of rotatable bonds is 2. The maximum atomic E-state index is 13.1. The number of aliphatic hydroxyl groups is 1. The smallest absolute Gasteiger partial charge is 0.155 e. The topological polar surface area (TPSA) is 63.6 Å². The molecule has 0 spiro atoms. The van der Waals surface area contributed by atoms with Crippen molar-refractivity contribution in [3.63, 3.8) is 0 Å². The molecule has 0 amide bonds. The number of ketones is 2. The Labute approximate surface area is 178 Å². The van der Waals surface area contributed by atoms with Crippen LogP contribution in [0.1, 0.15) is 63.9 Å². The standard InChI is InChI=1S/C26H32O4/c1-25-13-12-17(27)14-16(25)6-9-19-20-10-11-21(28)26(20,2)24(29)22(23(19)25)15-4-7-18(30-3)8-5-15/h4-5,7-8,14,19-20,22-24,29H,6,9-13H2,1-3H3/t19-,20-,22+,23+,24-,25-,26-/m0/s1. The van der Waals surface area contributed by atoms with Gasteiger partial charge in [0.25, 0.3) is 0 Å². The summed E-state index contributed by atoms with van der Waals surface area (Å²) < 4.78 is 5.35. The molecule has 0 unspecified atom stereocenters. The molecule has 30 heavy (non-hydrogen) atoms. The first-order chi connectivity index (χ1) is 14.3. The highest BCUT2D eigenvalue weighted by atomic mass is 16.5. The molecule has 4 aliphatic rings. The Morgan fingerprint density at radius 2 is 1.77 bits per heavy atom. The van der Waals surface area contributed by atoms with E-state index in [1.807, 2.05) is 25.1 Å². The number of carbonyl (C=O) groups excluding carboxylic acids is 2. The van der Waals surface area contributed by atoms with Crippen molar-refractivity contribution in [3.8, 4) is 5.75 Å². The third kappa shape index (κ3) is 2.55. The summed E-state index contributed by atoms with van der Waals surface area (Å²) in [5.41, 5.74) is 1.57. The van der Waals surface area contributed by atoms with E-state index in [1.165, 1.54) is 5.57 Å². The average molecular weight is 409 g/mol. The zero-order valence-corrected chi connectivity index (χ0v) is 18.2. The van der Waals surface area contributed by atoms with E-state index in [2.05, 4.69) is 19.1 Å². The summed E-state index contributed by atoms with van der Waals surface area (Å²) in [6, 6.07) is 8.02. The van der Waals surface area contributed by atoms with Gasteiger partial charge in [-0.3, -0.25) is 9.59 Å². The van der Waals surface area contributed by atoms with Gasteiger partial charge in [-0.25, -0.2) is 0 Å². The van der Waals surface area contributed by atoms with E-state index in [0.29, 0.717) is 18.8 Å². The molecule has 0 aromatic heterocycles. The van der Waals surface area contributed by atoms with E-state index in [9.17, 15) is 14.7 Å². The van der Waals surface area contributed by atoms with Gasteiger partial charge in [-0.1, -0.05) is 24.6 Å². The number of hydrogen-bond donors (Lipinski definition) is 1. The van der Waals surface area contributed by atoms with Crippen LogP contribution in [0.2, 0.25) is 0 Å². The van der Waals surface area contributed by atoms with Crippen LogP contribution in [0.3, 0.4) is 0 Å². The molecule has 1 aromatic rings. The molecule has 4 heteroatoms. The molecule has 0 radical (unpaired) electrons. The lowest BCUT2D eigenvalue weighted by Crippen LogP contribution is -2.60. The molecule has 1 N–H and O–H groups in total. The maximum absolute atomic E-state index is 13.1. The molecule has 3 fully saturated rings. The second-order valence-electron chi connectivity index (χ2n) is 10.4. The Bertz CT molecular complexity index is 915. The Morgan fingerprint density at radius 3 is 2.47 bits per heavy atom. The quantitative estimate of drug-likeness (QED) is 0.785. The van der Waals surface area contributed by atoms with E-state index in [4.69, 9.17) is 4.74 Å². The van der Waals surface area contributed by atoms with Crippen LogP contribution in [0.15, 0.2) is 35.9 Å². The van der Waals surface area contributed by atoms with Gasteiger partial charge in [0.05, 0.1) is 18.6 Å². The lowest BCUT2D eigenvalue weighted by Gasteiger charge is -2.61. The number of aliphatic hydroxyl groups excluding tert-OH is 1. The van der Waals surface area contributed by atoms with Crippen molar-refractivity contribution in [2.75, 3.05) is 7.11 Å². The molecule has 4 aliphatic carbocycles. The van der Waals surface area contributed by atoms with Gasteiger partial charge in [0.2, 0.25) is 0 Å². The van der Waals surface area contributed by atoms with Crippen molar-refractivity contribution in [3.05, 3.63) is 41.5 Å². The Hall–Kier alpha value is -1.94. The van der Waals surface area contributed by atoms with E-state index < -0.39 is 11.5 Å². The van der Waals surface area contributed by atoms with Crippen molar-refractivity contribution in [2.45, 2.75) is 64.4 Å². The van der Waals surface area contributed by atoms with E-state index in [0.717, 1.165) is 37.0 Å². The van der Waals surface area contributed by atoms with Crippen LogP contribution in [-0.4, -0.2) is 29.9 Å². The number of benzene rings is 1. The number of carbonyl (C=O) groups is 2. The molecule has 0 bridgehead atoms. The van der Waals surface area contributed by atoms with Crippen molar-refractivity contribution < 1.29 is 19.4 Å². The first kappa shape index (κ1) is 20.0. The molecule has 0 heterocycles. The van der Waals surface area contributed by atoms with Crippen LogP contribution >= 0.6 is 0 Å². The zero-order valence-electron chi connectivity index (χ0n) is 18.2. The summed E-state index contributed by atoms with van der Waals surface area (Å²) in [7, 11) is 1.65. The summed E-state index contributed by atoms with van der Waals surface area (Å²) in [6.45, 7) is 4.33. The normalized spacial score (nSPS) is 42.8. The SMILES string of the molecule is COc1ccc([C@@H]2[C@H]3[C@@H](CCC4=CC(=O)CC[C@@]43C)[C@@H]3CCC(=O)[C@@]3(C)[C@H]2O)cc1. The molecule has 7 atom stereocenters. The number of hydrogen-bond acceptors (Lipinski definition) is 4. The Balaban J connectivity index is 1.67. The maximum Gasteiger partial charge on any atom is 0.155 e. The van der Waals surface area contributed by atoms with Gasteiger partial charge >= 0.3 is 0 Å². The first-order valence-electron chi connectivity index (χ1n) is 11.4. The lowest BCUT2D eigenvalue weighted by molar-refractivity contribution is -0.157. The Kier molecular flexibility index (Phi) is 4.52. The van der Waals surface area contributed by atoms with Crippen molar-refractivity contribution in [1.82, 2.24) is 0 Å². The third-order valence-corrected chi connectivity index (χ3v) is 9.32. The molecule has 0 aliphatic heterocycles. The average Bonchev–Trinajstić information content (AvgIpc) is 3.05. The van der Waals surface area contributed by atoms with Crippen LogP contribution in [0, 0.1) is 28.6 Å². The summed E-state index contributed by atoms with van der Waals surface area (Å²) in [5.74, 6) is 1.99. The van der Waals surface area contributed by atoms with Crippen LogP contribution in [0.25, 0.3) is 0 Å². The van der Waals surface area contributed by atoms with Gasteiger partial charge in [-0.15, -0.1) is 0 Å². The second-order valence-corrected chi connectivity index (χ2v) is 10.4. The first-order valence-corrected chi connectivity index (χ1v) is 11.4. The van der Waals surface area contributed by atoms with Crippen molar-refractivity contribution in [1.29, 1.82) is 0 Å². The lowest BCUT2D eigenvalue weighted by atomic mass is 9.43. The van der Waals surface area contributed by atoms with Crippen LogP contribution in [0.5, 0.6) is 5.75 Å². The van der Waals surface area contributed by atoms with Crippen molar-refractivity contribution >= 4 is 11.6 Å². The van der Waals surface area contributed by atoms with Gasteiger partial charge in [-0.2, -0.15) is 0 Å². The number of fused-ring (bicyclic) bond motifs is 5. The highest BCUT2D eigenvalue weighted by Gasteiger charge is 2.66. The minimum atomic E-state index is -0.707. The fraction of sp³-hybridized carbons (Fsp3) is 0.615. The summed E-state index contributed by atoms with van der Waals surface area (Å²) in [5, 5.41) is 11.8. The number of ether oxygens (including phenoxy) is 1. The minimum Gasteiger partial charge on any atom is -0.497 e. The van der Waals surface area contributed by atoms with Gasteiger partial charge in [0, 0.05) is 18.8 Å². The molecule has 1 aromatic carbocycles. The van der Waals surface area contributed by atoms with Crippen LogP contribution in [0.4, 0.5) is 0 Å².